The Kier molecular flexibility index (Phi) is 4.24. The first-order valence-corrected chi connectivity index (χ1v) is 7.16. The molecule has 0 aliphatic heterocycles. The number of anilines is 2. The summed E-state index contributed by atoms with van der Waals surface area (Å²) in [4.78, 5) is 11.9. The molecule has 0 radical (unpaired) electrons. The molecular formula is C17H14F2N4O. The third-order valence-corrected chi connectivity index (χ3v) is 3.39. The summed E-state index contributed by atoms with van der Waals surface area (Å²) in [5.41, 5.74) is 1.22. The Bertz CT molecular complexity index is 857. The number of nitrogens with one attached hydrogen (secondary N) is 2. The van der Waals surface area contributed by atoms with Gasteiger partial charge >= 0.3 is 6.03 Å². The number of halogens is 2. The fraction of sp³-hybridized carbons (Fsp3) is 0.0588. The zero-order valence-electron chi connectivity index (χ0n) is 12.8. The maximum absolute atomic E-state index is 13.5. The quantitative estimate of drug-likeness (QED) is 0.763. The molecule has 5 nitrogen and oxygen atoms in total. The van der Waals surface area contributed by atoms with Crippen LogP contribution in [0.1, 0.15) is 0 Å². The molecule has 0 spiro atoms. The second-order valence-electron chi connectivity index (χ2n) is 5.08. The van der Waals surface area contributed by atoms with Crippen LogP contribution in [0.3, 0.4) is 0 Å². The highest BCUT2D eigenvalue weighted by molar-refractivity contribution is 5.99. The normalized spacial score (nSPS) is 10.5. The van der Waals surface area contributed by atoms with Gasteiger partial charge in [-0.25, -0.2) is 13.6 Å². The van der Waals surface area contributed by atoms with Crippen LogP contribution in [-0.2, 0) is 7.05 Å². The van der Waals surface area contributed by atoms with Gasteiger partial charge in [0.25, 0.3) is 0 Å². The van der Waals surface area contributed by atoms with Crippen LogP contribution >= 0.6 is 0 Å². The van der Waals surface area contributed by atoms with Crippen LogP contribution in [0.25, 0.3) is 11.3 Å². The van der Waals surface area contributed by atoms with Crippen molar-refractivity contribution in [2.45, 2.75) is 0 Å². The van der Waals surface area contributed by atoms with Crippen molar-refractivity contribution in [3.8, 4) is 11.3 Å². The van der Waals surface area contributed by atoms with E-state index in [0.717, 1.165) is 23.4 Å². The van der Waals surface area contributed by atoms with Crippen molar-refractivity contribution in [1.82, 2.24) is 9.78 Å². The maximum atomic E-state index is 13.5. The average Bonchev–Trinajstić information content (AvgIpc) is 2.92. The number of carbonyl (C=O) groups is 1. The number of amides is 2. The molecule has 122 valence electrons. The van der Waals surface area contributed by atoms with E-state index in [9.17, 15) is 13.6 Å². The molecule has 0 aliphatic rings. The summed E-state index contributed by atoms with van der Waals surface area (Å²) >= 11 is 0. The lowest BCUT2D eigenvalue weighted by atomic mass is 10.1. The zero-order chi connectivity index (χ0) is 17.1. The van der Waals surface area contributed by atoms with Gasteiger partial charge in [0.05, 0.1) is 5.69 Å². The van der Waals surface area contributed by atoms with Crippen LogP contribution in [0.5, 0.6) is 0 Å². The monoisotopic (exact) mass is 328 g/mol. The number of benzene rings is 2. The molecule has 0 atom stereocenters. The smallest absolute Gasteiger partial charge is 0.303 e. The van der Waals surface area contributed by atoms with Crippen LogP contribution < -0.4 is 10.6 Å². The molecule has 0 fully saturated rings. The molecule has 7 heteroatoms. The Morgan fingerprint density at radius 3 is 2.33 bits per heavy atom. The predicted octanol–water partition coefficient (Wildman–Crippen LogP) is 4.01. The molecule has 1 aromatic heterocycles. The van der Waals surface area contributed by atoms with E-state index in [1.54, 1.807) is 17.8 Å². The number of hydrogen-bond donors (Lipinski definition) is 2. The first-order chi connectivity index (χ1) is 11.5. The summed E-state index contributed by atoms with van der Waals surface area (Å²) in [6.45, 7) is 0. The molecule has 0 unspecified atom stereocenters. The molecule has 1 heterocycles. The largest absolute Gasteiger partial charge is 0.325 e. The number of carbonyl (C=O) groups excluding carboxylic acids is 1. The Labute approximate surface area is 136 Å². The van der Waals surface area contributed by atoms with Gasteiger partial charge in [0.1, 0.15) is 17.3 Å². The first-order valence-electron chi connectivity index (χ1n) is 7.16. The molecule has 2 aromatic carbocycles. The summed E-state index contributed by atoms with van der Waals surface area (Å²) in [5, 5.41) is 8.78. The molecule has 2 N–H and O–H groups in total. The summed E-state index contributed by atoms with van der Waals surface area (Å²) < 4.78 is 28.7. The van der Waals surface area contributed by atoms with Gasteiger partial charge in [-0.15, -0.1) is 0 Å². The standard InChI is InChI=1S/C17H14F2N4O/c1-23-14(11-6-3-2-4-7-11)10-15(22-23)20-17(24)21-16-12(18)8-5-9-13(16)19/h2-10H,1H3,(H2,20,21,22,24). The minimum Gasteiger partial charge on any atom is -0.303 e. The van der Waals surface area contributed by atoms with Crippen molar-refractivity contribution in [3.63, 3.8) is 0 Å². The van der Waals surface area contributed by atoms with E-state index >= 15 is 0 Å². The maximum Gasteiger partial charge on any atom is 0.325 e. The van der Waals surface area contributed by atoms with Crippen molar-refractivity contribution in [2.75, 3.05) is 10.6 Å². The average molecular weight is 328 g/mol. The van der Waals surface area contributed by atoms with E-state index in [1.165, 1.54) is 6.07 Å². The molecule has 0 saturated heterocycles. The van der Waals surface area contributed by atoms with Crippen LogP contribution in [0.2, 0.25) is 0 Å². The van der Waals surface area contributed by atoms with Crippen molar-refractivity contribution in [2.24, 2.45) is 7.05 Å². The Balaban J connectivity index is 1.76. The molecule has 2 amide bonds. The third-order valence-electron chi connectivity index (χ3n) is 3.39. The van der Waals surface area contributed by atoms with E-state index < -0.39 is 23.4 Å². The second-order valence-corrected chi connectivity index (χ2v) is 5.08. The number of nitrogens with zero attached hydrogens (tertiary/aromatic N) is 2. The molecular weight excluding hydrogens is 314 g/mol. The molecule has 0 saturated carbocycles. The topological polar surface area (TPSA) is 59.0 Å². The van der Waals surface area contributed by atoms with E-state index in [2.05, 4.69) is 15.7 Å². The van der Waals surface area contributed by atoms with E-state index in [1.807, 2.05) is 30.3 Å². The Morgan fingerprint density at radius 1 is 1.00 bits per heavy atom. The highest BCUT2D eigenvalue weighted by Crippen LogP contribution is 2.22. The van der Waals surface area contributed by atoms with Crippen molar-refractivity contribution < 1.29 is 13.6 Å². The van der Waals surface area contributed by atoms with Gasteiger partial charge in [-0.3, -0.25) is 10.00 Å². The van der Waals surface area contributed by atoms with Crippen LogP contribution in [0, 0.1) is 11.6 Å². The van der Waals surface area contributed by atoms with Gasteiger partial charge in [-0.05, 0) is 17.7 Å². The van der Waals surface area contributed by atoms with E-state index in [4.69, 9.17) is 0 Å². The summed E-state index contributed by atoms with van der Waals surface area (Å²) in [6.07, 6.45) is 0. The van der Waals surface area contributed by atoms with Gasteiger partial charge in [0.2, 0.25) is 0 Å². The van der Waals surface area contributed by atoms with Crippen molar-refractivity contribution in [3.05, 3.63) is 66.2 Å². The summed E-state index contributed by atoms with van der Waals surface area (Å²) in [7, 11) is 1.74. The van der Waals surface area contributed by atoms with Crippen LogP contribution in [-0.4, -0.2) is 15.8 Å². The number of hydrogen-bond acceptors (Lipinski definition) is 2. The fourth-order valence-electron chi connectivity index (χ4n) is 2.29. The fourth-order valence-corrected chi connectivity index (χ4v) is 2.29. The Morgan fingerprint density at radius 2 is 1.67 bits per heavy atom. The van der Waals surface area contributed by atoms with Crippen LogP contribution in [0.4, 0.5) is 25.1 Å². The lowest BCUT2D eigenvalue weighted by molar-refractivity contribution is 0.262. The number of urea groups is 1. The van der Waals surface area contributed by atoms with Crippen LogP contribution in [0.15, 0.2) is 54.6 Å². The van der Waals surface area contributed by atoms with Gasteiger partial charge < -0.3 is 5.32 Å². The lowest BCUT2D eigenvalue weighted by Crippen LogP contribution is -2.21. The minimum absolute atomic E-state index is 0.269. The SMILES string of the molecule is Cn1nc(NC(=O)Nc2c(F)cccc2F)cc1-c1ccccc1. The summed E-state index contributed by atoms with van der Waals surface area (Å²) in [6, 6.07) is 13.7. The highest BCUT2D eigenvalue weighted by Gasteiger charge is 2.14. The minimum atomic E-state index is -0.851. The number of para-hydroxylation sites is 1. The molecule has 24 heavy (non-hydrogen) atoms. The van der Waals surface area contributed by atoms with Gasteiger partial charge in [-0.1, -0.05) is 36.4 Å². The molecule has 3 aromatic rings. The summed E-state index contributed by atoms with van der Waals surface area (Å²) in [5.74, 6) is -1.43. The predicted molar refractivity (Wildman–Crippen MR) is 87.6 cm³/mol. The zero-order valence-corrected chi connectivity index (χ0v) is 12.8. The second kappa shape index (κ2) is 6.49. The number of aromatic nitrogens is 2. The molecule has 0 bridgehead atoms. The number of rotatable bonds is 3. The molecule has 3 rings (SSSR count). The first kappa shape index (κ1) is 15.7. The lowest BCUT2D eigenvalue weighted by Gasteiger charge is -2.07. The van der Waals surface area contributed by atoms with E-state index in [0.29, 0.717) is 0 Å². The van der Waals surface area contributed by atoms with Gasteiger partial charge in [0.15, 0.2) is 5.82 Å². The van der Waals surface area contributed by atoms with Gasteiger partial charge in [0, 0.05) is 13.1 Å². The molecule has 0 aliphatic carbocycles. The highest BCUT2D eigenvalue weighted by atomic mass is 19.1. The Hall–Kier alpha value is -3.22. The third kappa shape index (κ3) is 3.24. The van der Waals surface area contributed by atoms with Crippen molar-refractivity contribution >= 4 is 17.5 Å². The van der Waals surface area contributed by atoms with Crippen molar-refractivity contribution in [1.29, 1.82) is 0 Å². The number of aryl methyl sites for hydroxylation is 1. The van der Waals surface area contributed by atoms with E-state index in [-0.39, 0.29) is 5.82 Å². The van der Waals surface area contributed by atoms with Gasteiger partial charge in [-0.2, -0.15) is 5.10 Å².